The third-order valence-electron chi connectivity index (χ3n) is 5.84. The molecule has 2 fully saturated rings. The molecule has 0 radical (unpaired) electrons. The van der Waals surface area contributed by atoms with Gasteiger partial charge in [0.1, 0.15) is 6.04 Å². The van der Waals surface area contributed by atoms with E-state index < -0.39 is 6.04 Å². The zero-order chi connectivity index (χ0) is 18.3. The zero-order valence-corrected chi connectivity index (χ0v) is 14.9. The number of nitrogens with zero attached hydrogens (tertiary/aromatic N) is 1. The number of rotatable bonds is 6. The minimum Gasteiger partial charge on any atom is -0.322 e. The molecule has 1 saturated carbocycles. The fourth-order valence-electron chi connectivity index (χ4n) is 3.92. The van der Waals surface area contributed by atoms with E-state index in [1.807, 2.05) is 25.2 Å². The Hall–Kier alpha value is -2.25. The van der Waals surface area contributed by atoms with E-state index >= 15 is 0 Å². The highest BCUT2D eigenvalue weighted by molar-refractivity contribution is 6.05. The van der Waals surface area contributed by atoms with Gasteiger partial charge in [-0.15, -0.1) is 0 Å². The van der Waals surface area contributed by atoms with Crippen LogP contribution in [-0.2, 0) is 22.7 Å². The van der Waals surface area contributed by atoms with E-state index in [0.29, 0.717) is 25.1 Å². The zero-order valence-electron chi connectivity index (χ0n) is 14.9. The number of benzene rings is 1. The van der Waals surface area contributed by atoms with Gasteiger partial charge >= 0.3 is 0 Å². The SMILES string of the molecule is CNC1(CNCc2cccc3c2CN(C2CCC(=O)NC2=O)C3=O)CC1. The third kappa shape index (κ3) is 3.01. The van der Waals surface area contributed by atoms with Crippen LogP contribution < -0.4 is 16.0 Å². The molecule has 1 atom stereocenters. The van der Waals surface area contributed by atoms with Crippen LogP contribution in [0.25, 0.3) is 0 Å². The summed E-state index contributed by atoms with van der Waals surface area (Å²) in [5.74, 6) is -0.754. The Morgan fingerprint density at radius 3 is 2.77 bits per heavy atom. The molecular weight excluding hydrogens is 332 g/mol. The highest BCUT2D eigenvalue weighted by Crippen LogP contribution is 2.34. The van der Waals surface area contributed by atoms with Crippen molar-refractivity contribution < 1.29 is 14.4 Å². The number of likely N-dealkylation sites (N-methyl/N-ethyl adjacent to an activating group) is 1. The number of nitrogens with one attached hydrogen (secondary N) is 3. The van der Waals surface area contributed by atoms with Crippen molar-refractivity contribution in [1.82, 2.24) is 20.9 Å². The van der Waals surface area contributed by atoms with Crippen LogP contribution in [0.15, 0.2) is 18.2 Å². The van der Waals surface area contributed by atoms with Gasteiger partial charge in [0.05, 0.1) is 0 Å². The molecule has 4 rings (SSSR count). The summed E-state index contributed by atoms with van der Waals surface area (Å²) in [6.45, 7) is 2.02. The lowest BCUT2D eigenvalue weighted by Crippen LogP contribution is -2.52. The molecule has 7 heteroatoms. The van der Waals surface area contributed by atoms with Gasteiger partial charge in [0.2, 0.25) is 11.8 Å². The minimum atomic E-state index is -0.563. The predicted octanol–water partition coefficient (Wildman–Crippen LogP) is 0.289. The van der Waals surface area contributed by atoms with E-state index in [4.69, 9.17) is 0 Å². The van der Waals surface area contributed by atoms with Crippen LogP contribution in [0.2, 0.25) is 0 Å². The molecule has 1 aromatic carbocycles. The molecule has 7 nitrogen and oxygen atoms in total. The molecule has 1 aliphatic carbocycles. The van der Waals surface area contributed by atoms with Crippen molar-refractivity contribution in [2.45, 2.75) is 50.4 Å². The Morgan fingerprint density at radius 2 is 2.08 bits per heavy atom. The molecule has 3 amide bonds. The smallest absolute Gasteiger partial charge is 0.255 e. The van der Waals surface area contributed by atoms with Crippen molar-refractivity contribution in [3.05, 3.63) is 34.9 Å². The van der Waals surface area contributed by atoms with E-state index in [9.17, 15) is 14.4 Å². The highest BCUT2D eigenvalue weighted by atomic mass is 16.2. The summed E-state index contributed by atoms with van der Waals surface area (Å²) in [6.07, 6.45) is 3.04. The van der Waals surface area contributed by atoms with E-state index in [1.54, 1.807) is 4.90 Å². The van der Waals surface area contributed by atoms with Crippen LogP contribution in [-0.4, -0.2) is 47.8 Å². The maximum atomic E-state index is 12.8. The quantitative estimate of drug-likeness (QED) is 0.638. The molecule has 1 unspecified atom stereocenters. The van der Waals surface area contributed by atoms with Gasteiger partial charge in [-0.25, -0.2) is 0 Å². The molecule has 26 heavy (non-hydrogen) atoms. The summed E-state index contributed by atoms with van der Waals surface area (Å²) >= 11 is 0. The minimum absolute atomic E-state index is 0.120. The number of piperidine rings is 1. The topological polar surface area (TPSA) is 90.5 Å². The standard InChI is InChI=1S/C19H24N4O3/c1-20-19(7-8-19)11-21-9-12-3-2-4-13-14(12)10-23(18(13)26)15-5-6-16(24)22-17(15)25/h2-4,15,20-21H,5-11H2,1H3,(H,22,24,25). The van der Waals surface area contributed by atoms with Crippen LogP contribution in [0, 0.1) is 0 Å². The van der Waals surface area contributed by atoms with Crippen LogP contribution in [0.1, 0.15) is 47.2 Å². The first kappa shape index (κ1) is 17.2. The summed E-state index contributed by atoms with van der Waals surface area (Å²) < 4.78 is 0. The summed E-state index contributed by atoms with van der Waals surface area (Å²) in [5, 5.41) is 9.19. The number of carbonyl (C=O) groups is 3. The van der Waals surface area contributed by atoms with Crippen molar-refractivity contribution in [3.8, 4) is 0 Å². The Bertz CT molecular complexity index is 772. The second-order valence-electron chi connectivity index (χ2n) is 7.48. The van der Waals surface area contributed by atoms with Gasteiger partial charge in [0.25, 0.3) is 5.91 Å². The van der Waals surface area contributed by atoms with Gasteiger partial charge in [-0.1, -0.05) is 12.1 Å². The Morgan fingerprint density at radius 1 is 1.27 bits per heavy atom. The van der Waals surface area contributed by atoms with E-state index in [0.717, 1.165) is 17.7 Å². The van der Waals surface area contributed by atoms with Gasteiger partial charge < -0.3 is 15.5 Å². The lowest BCUT2D eigenvalue weighted by Gasteiger charge is -2.29. The summed E-state index contributed by atoms with van der Waals surface area (Å²) in [4.78, 5) is 37.9. The maximum Gasteiger partial charge on any atom is 0.255 e. The van der Waals surface area contributed by atoms with Crippen LogP contribution >= 0.6 is 0 Å². The molecule has 138 valence electrons. The molecule has 3 N–H and O–H groups in total. The van der Waals surface area contributed by atoms with Crippen molar-refractivity contribution in [2.75, 3.05) is 13.6 Å². The van der Waals surface area contributed by atoms with Gasteiger partial charge in [0.15, 0.2) is 0 Å². The average Bonchev–Trinajstić information content (AvgIpc) is 3.33. The molecule has 2 heterocycles. The van der Waals surface area contributed by atoms with Crippen LogP contribution in [0.4, 0.5) is 0 Å². The Labute approximate surface area is 152 Å². The van der Waals surface area contributed by atoms with Crippen molar-refractivity contribution >= 4 is 17.7 Å². The fraction of sp³-hybridized carbons (Fsp3) is 0.526. The third-order valence-corrected chi connectivity index (χ3v) is 5.84. The van der Waals surface area contributed by atoms with Crippen LogP contribution in [0.3, 0.4) is 0 Å². The van der Waals surface area contributed by atoms with E-state index in [2.05, 4.69) is 16.0 Å². The van der Waals surface area contributed by atoms with Gasteiger partial charge in [-0.05, 0) is 43.5 Å². The van der Waals surface area contributed by atoms with Gasteiger partial charge in [0, 0.05) is 37.2 Å². The van der Waals surface area contributed by atoms with Crippen LogP contribution in [0.5, 0.6) is 0 Å². The predicted molar refractivity (Wildman–Crippen MR) is 95.2 cm³/mol. The monoisotopic (exact) mass is 356 g/mol. The number of imide groups is 1. The molecule has 0 aromatic heterocycles. The molecule has 0 bridgehead atoms. The first-order valence-corrected chi connectivity index (χ1v) is 9.18. The Balaban J connectivity index is 1.47. The van der Waals surface area contributed by atoms with Crippen molar-refractivity contribution in [1.29, 1.82) is 0 Å². The van der Waals surface area contributed by atoms with E-state index in [1.165, 1.54) is 12.8 Å². The molecule has 2 aliphatic heterocycles. The molecule has 3 aliphatic rings. The first-order chi connectivity index (χ1) is 12.5. The van der Waals surface area contributed by atoms with Gasteiger partial charge in [-0.2, -0.15) is 0 Å². The number of fused-ring (bicyclic) bond motifs is 1. The summed E-state index contributed by atoms with van der Waals surface area (Å²) in [7, 11) is 1.99. The lowest BCUT2D eigenvalue weighted by atomic mass is 10.0. The van der Waals surface area contributed by atoms with Crippen molar-refractivity contribution in [3.63, 3.8) is 0 Å². The average molecular weight is 356 g/mol. The normalized spacial score (nSPS) is 23.8. The fourth-order valence-corrected chi connectivity index (χ4v) is 3.92. The number of hydrogen-bond donors (Lipinski definition) is 3. The number of carbonyl (C=O) groups excluding carboxylic acids is 3. The second-order valence-corrected chi connectivity index (χ2v) is 7.48. The molecule has 1 saturated heterocycles. The number of amides is 3. The number of hydrogen-bond acceptors (Lipinski definition) is 5. The Kier molecular flexibility index (Phi) is 4.28. The molecule has 1 aromatic rings. The first-order valence-electron chi connectivity index (χ1n) is 9.18. The van der Waals surface area contributed by atoms with E-state index in [-0.39, 0.29) is 29.7 Å². The second kappa shape index (κ2) is 6.48. The van der Waals surface area contributed by atoms with Gasteiger partial charge in [-0.3, -0.25) is 19.7 Å². The summed E-state index contributed by atoms with van der Waals surface area (Å²) in [5.41, 5.74) is 2.98. The molecule has 0 spiro atoms. The lowest BCUT2D eigenvalue weighted by molar-refractivity contribution is -0.136. The summed E-state index contributed by atoms with van der Waals surface area (Å²) in [6, 6.07) is 5.19. The molecular formula is C19H24N4O3. The largest absolute Gasteiger partial charge is 0.322 e. The maximum absolute atomic E-state index is 12.8. The van der Waals surface area contributed by atoms with Crippen molar-refractivity contribution in [2.24, 2.45) is 0 Å². The highest BCUT2D eigenvalue weighted by Gasteiger charge is 2.41.